The standard InChI is InChI=1S/C25H35N9O/c1-25(2)17-32(13-10-28-25)19-8-9-21(26-16-19)29-24-27-15-18-14-20(23(35)31(3)4)34(22(18)30-24)33-11-6-5-7-12-33/h8-9,14-16,28H,5-7,10-13,17H2,1-4H3,(H,26,27,29,30). The highest BCUT2D eigenvalue weighted by Crippen LogP contribution is 2.24. The molecule has 0 aliphatic carbocycles. The van der Waals surface area contributed by atoms with Crippen molar-refractivity contribution in [3.63, 3.8) is 0 Å². The summed E-state index contributed by atoms with van der Waals surface area (Å²) >= 11 is 0. The molecule has 2 fully saturated rings. The lowest BCUT2D eigenvalue weighted by molar-refractivity contribution is 0.0816. The van der Waals surface area contributed by atoms with Gasteiger partial charge in [-0.05, 0) is 51.3 Å². The van der Waals surface area contributed by atoms with E-state index < -0.39 is 0 Å². The number of aromatic nitrogens is 4. The van der Waals surface area contributed by atoms with Gasteiger partial charge in [-0.15, -0.1) is 0 Å². The summed E-state index contributed by atoms with van der Waals surface area (Å²) in [6.07, 6.45) is 7.08. The third kappa shape index (κ3) is 4.88. The Kier molecular flexibility index (Phi) is 6.22. The number of hydrogen-bond acceptors (Lipinski definition) is 8. The molecule has 1 amide bonds. The Labute approximate surface area is 206 Å². The normalized spacial score (nSPS) is 18.1. The van der Waals surface area contributed by atoms with Crippen LogP contribution in [0.4, 0.5) is 17.5 Å². The van der Waals surface area contributed by atoms with Gasteiger partial charge in [0.2, 0.25) is 5.95 Å². The van der Waals surface area contributed by atoms with Crippen molar-refractivity contribution >= 4 is 34.4 Å². The van der Waals surface area contributed by atoms with E-state index in [2.05, 4.69) is 50.4 Å². The van der Waals surface area contributed by atoms with Crippen LogP contribution < -0.4 is 20.5 Å². The first-order valence-electron chi connectivity index (χ1n) is 12.4. The van der Waals surface area contributed by atoms with E-state index >= 15 is 0 Å². The highest BCUT2D eigenvalue weighted by atomic mass is 16.2. The number of anilines is 3. The maximum atomic E-state index is 13.0. The molecule has 10 heteroatoms. The monoisotopic (exact) mass is 477 g/mol. The van der Waals surface area contributed by atoms with Gasteiger partial charge in [-0.1, -0.05) is 0 Å². The number of fused-ring (bicyclic) bond motifs is 1. The molecule has 10 nitrogen and oxygen atoms in total. The average Bonchev–Trinajstić information content (AvgIpc) is 3.22. The SMILES string of the molecule is CN(C)C(=O)c1cc2cnc(Nc3ccc(N4CCNC(C)(C)C4)cn3)nc2n1N1CCCCC1. The van der Waals surface area contributed by atoms with Crippen molar-refractivity contribution in [2.24, 2.45) is 0 Å². The Morgan fingerprint density at radius 2 is 1.89 bits per heavy atom. The molecule has 2 aliphatic heterocycles. The van der Waals surface area contributed by atoms with Gasteiger partial charge in [0, 0.05) is 63.9 Å². The number of carbonyl (C=O) groups is 1. The van der Waals surface area contributed by atoms with Gasteiger partial charge in [0.25, 0.3) is 5.91 Å². The first kappa shape index (κ1) is 23.3. The number of rotatable bonds is 5. The Morgan fingerprint density at radius 1 is 1.09 bits per heavy atom. The second-order valence-corrected chi connectivity index (χ2v) is 10.3. The van der Waals surface area contributed by atoms with Crippen molar-refractivity contribution in [1.82, 2.24) is 29.8 Å². The smallest absolute Gasteiger partial charge is 0.272 e. The summed E-state index contributed by atoms with van der Waals surface area (Å²) in [5.74, 6) is 1.10. The molecule has 0 bridgehead atoms. The summed E-state index contributed by atoms with van der Waals surface area (Å²) in [6, 6.07) is 5.93. The molecule has 2 N–H and O–H groups in total. The van der Waals surface area contributed by atoms with Crippen molar-refractivity contribution in [2.75, 3.05) is 62.0 Å². The van der Waals surface area contributed by atoms with Crippen LogP contribution in [0.1, 0.15) is 43.6 Å². The molecule has 5 heterocycles. The summed E-state index contributed by atoms with van der Waals surface area (Å²) in [6.45, 7) is 9.07. The molecule has 0 radical (unpaired) electrons. The summed E-state index contributed by atoms with van der Waals surface area (Å²) in [5.41, 5.74) is 2.52. The lowest BCUT2D eigenvalue weighted by Crippen LogP contribution is -2.57. The van der Waals surface area contributed by atoms with Gasteiger partial charge in [-0.2, -0.15) is 4.98 Å². The molecule has 0 aromatic carbocycles. The van der Waals surface area contributed by atoms with Crippen LogP contribution in [0, 0.1) is 0 Å². The van der Waals surface area contributed by atoms with Crippen molar-refractivity contribution < 1.29 is 4.79 Å². The minimum absolute atomic E-state index is 0.0450. The molecule has 0 atom stereocenters. The molecule has 3 aromatic heterocycles. The van der Waals surface area contributed by atoms with Crippen LogP contribution in [-0.2, 0) is 0 Å². The zero-order valence-corrected chi connectivity index (χ0v) is 21.1. The molecule has 0 spiro atoms. The largest absolute Gasteiger partial charge is 0.367 e. The van der Waals surface area contributed by atoms with Crippen LogP contribution >= 0.6 is 0 Å². The van der Waals surface area contributed by atoms with E-state index in [4.69, 9.17) is 4.98 Å². The molecular weight excluding hydrogens is 442 g/mol. The van der Waals surface area contributed by atoms with Gasteiger partial charge in [-0.25, -0.2) is 14.6 Å². The highest BCUT2D eigenvalue weighted by molar-refractivity contribution is 5.98. The number of nitrogens with zero attached hydrogens (tertiary/aromatic N) is 7. The molecule has 0 unspecified atom stereocenters. The number of piperidine rings is 1. The second-order valence-electron chi connectivity index (χ2n) is 10.3. The predicted molar refractivity (Wildman–Crippen MR) is 139 cm³/mol. The fourth-order valence-corrected chi connectivity index (χ4v) is 4.90. The lowest BCUT2D eigenvalue weighted by atomic mass is 10.0. The summed E-state index contributed by atoms with van der Waals surface area (Å²) in [7, 11) is 3.55. The van der Waals surface area contributed by atoms with E-state index in [0.29, 0.717) is 17.5 Å². The van der Waals surface area contributed by atoms with E-state index in [1.54, 1.807) is 25.2 Å². The van der Waals surface area contributed by atoms with Crippen LogP contribution in [0.5, 0.6) is 0 Å². The fraction of sp³-hybridized carbons (Fsp3) is 0.520. The van der Waals surface area contributed by atoms with E-state index in [1.807, 2.05) is 23.0 Å². The molecule has 35 heavy (non-hydrogen) atoms. The number of carbonyl (C=O) groups excluding carboxylic acids is 1. The van der Waals surface area contributed by atoms with Crippen LogP contribution in [-0.4, -0.2) is 82.8 Å². The van der Waals surface area contributed by atoms with Gasteiger partial charge < -0.3 is 25.4 Å². The van der Waals surface area contributed by atoms with Crippen molar-refractivity contribution in [3.8, 4) is 0 Å². The van der Waals surface area contributed by atoms with Crippen LogP contribution in [0.3, 0.4) is 0 Å². The zero-order valence-electron chi connectivity index (χ0n) is 21.1. The Hall–Kier alpha value is -3.40. The Bertz CT molecular complexity index is 1200. The number of piperazine rings is 1. The molecule has 2 saturated heterocycles. The minimum Gasteiger partial charge on any atom is -0.367 e. The number of pyridine rings is 1. The maximum absolute atomic E-state index is 13.0. The molecule has 0 saturated carbocycles. The molecule has 186 valence electrons. The number of hydrogen-bond donors (Lipinski definition) is 2. The van der Waals surface area contributed by atoms with E-state index in [0.717, 1.165) is 62.3 Å². The summed E-state index contributed by atoms with van der Waals surface area (Å²) < 4.78 is 1.98. The summed E-state index contributed by atoms with van der Waals surface area (Å²) in [4.78, 5) is 30.8. The summed E-state index contributed by atoms with van der Waals surface area (Å²) in [5, 5.41) is 9.85. The van der Waals surface area contributed by atoms with Gasteiger partial charge in [0.1, 0.15) is 11.5 Å². The van der Waals surface area contributed by atoms with Crippen LogP contribution in [0.2, 0.25) is 0 Å². The second kappa shape index (κ2) is 9.33. The molecule has 2 aliphatic rings. The van der Waals surface area contributed by atoms with Crippen molar-refractivity contribution in [2.45, 2.75) is 38.6 Å². The maximum Gasteiger partial charge on any atom is 0.272 e. The van der Waals surface area contributed by atoms with E-state index in [-0.39, 0.29) is 11.4 Å². The first-order valence-corrected chi connectivity index (χ1v) is 12.4. The highest BCUT2D eigenvalue weighted by Gasteiger charge is 2.26. The number of amides is 1. The Morgan fingerprint density at radius 3 is 2.57 bits per heavy atom. The van der Waals surface area contributed by atoms with Gasteiger partial charge >= 0.3 is 0 Å². The topological polar surface area (TPSA) is 94.5 Å². The molecular formula is C25H35N9O. The Balaban J connectivity index is 1.41. The quantitative estimate of drug-likeness (QED) is 0.579. The van der Waals surface area contributed by atoms with Crippen LogP contribution in [0.25, 0.3) is 11.0 Å². The average molecular weight is 478 g/mol. The number of nitrogens with one attached hydrogen (secondary N) is 2. The predicted octanol–water partition coefficient (Wildman–Crippen LogP) is 2.58. The van der Waals surface area contributed by atoms with Crippen molar-refractivity contribution in [3.05, 3.63) is 36.3 Å². The first-order chi connectivity index (χ1) is 16.8. The third-order valence-electron chi connectivity index (χ3n) is 6.68. The van der Waals surface area contributed by atoms with Gasteiger partial charge in [0.05, 0.1) is 11.9 Å². The fourth-order valence-electron chi connectivity index (χ4n) is 4.90. The lowest BCUT2D eigenvalue weighted by Gasteiger charge is -2.40. The molecule has 5 rings (SSSR count). The van der Waals surface area contributed by atoms with Crippen molar-refractivity contribution in [1.29, 1.82) is 0 Å². The third-order valence-corrected chi connectivity index (χ3v) is 6.68. The van der Waals surface area contributed by atoms with E-state index in [1.165, 1.54) is 6.42 Å². The van der Waals surface area contributed by atoms with Gasteiger partial charge in [-0.3, -0.25) is 4.79 Å². The minimum atomic E-state index is -0.0450. The zero-order chi connectivity index (χ0) is 24.6. The van der Waals surface area contributed by atoms with Crippen LogP contribution in [0.15, 0.2) is 30.6 Å². The van der Waals surface area contributed by atoms with Gasteiger partial charge in [0.15, 0.2) is 5.65 Å². The molecule has 3 aromatic rings. The van der Waals surface area contributed by atoms with E-state index in [9.17, 15) is 4.79 Å².